The third-order valence-corrected chi connectivity index (χ3v) is 12.2. The van der Waals surface area contributed by atoms with Gasteiger partial charge < -0.3 is 33.9 Å². The Bertz CT molecular complexity index is 1170. The third-order valence-electron chi connectivity index (χ3n) is 12.2. The Morgan fingerprint density at radius 1 is 1.11 bits per heavy atom. The van der Waals surface area contributed by atoms with Crippen molar-refractivity contribution in [2.75, 3.05) is 6.61 Å². The number of aliphatic hydroxyl groups is 3. The van der Waals surface area contributed by atoms with Gasteiger partial charge in [0.05, 0.1) is 42.9 Å². The molecular weight excluding hydrogens is 480 g/mol. The van der Waals surface area contributed by atoms with Gasteiger partial charge in [0.2, 0.25) is 0 Å². The summed E-state index contributed by atoms with van der Waals surface area (Å²) in [5.74, 6) is -1.73. The van der Waals surface area contributed by atoms with E-state index in [1.54, 1.807) is 19.5 Å². The van der Waals surface area contributed by atoms with Gasteiger partial charge in [0, 0.05) is 41.9 Å². The highest BCUT2D eigenvalue weighted by Gasteiger charge is 2.90. The fourth-order valence-electron chi connectivity index (χ4n) is 10.7. The number of hydrogen-bond acceptors (Lipinski definition) is 9. The number of carbonyl (C=O) groups is 2. The Labute approximate surface area is 215 Å². The van der Waals surface area contributed by atoms with E-state index >= 15 is 0 Å². The van der Waals surface area contributed by atoms with Crippen LogP contribution in [0.25, 0.3) is 0 Å². The first-order valence-corrected chi connectivity index (χ1v) is 13.4. The molecule has 2 saturated heterocycles. The van der Waals surface area contributed by atoms with Crippen molar-refractivity contribution >= 4 is 11.8 Å². The third kappa shape index (κ3) is 2.42. The van der Waals surface area contributed by atoms with E-state index in [-0.39, 0.29) is 43.7 Å². The summed E-state index contributed by atoms with van der Waals surface area (Å²) in [5, 5.41) is 34.9. The van der Waals surface area contributed by atoms with Gasteiger partial charge in [-0.15, -0.1) is 0 Å². The maximum Gasteiger partial charge on any atom is 0.302 e. The zero-order chi connectivity index (χ0) is 26.3. The van der Waals surface area contributed by atoms with Crippen molar-refractivity contribution in [3.8, 4) is 0 Å². The van der Waals surface area contributed by atoms with Gasteiger partial charge in [-0.25, -0.2) is 0 Å². The van der Waals surface area contributed by atoms with Gasteiger partial charge in [0.1, 0.15) is 17.5 Å². The van der Waals surface area contributed by atoms with Crippen LogP contribution in [0.4, 0.5) is 0 Å². The van der Waals surface area contributed by atoms with E-state index in [0.29, 0.717) is 0 Å². The van der Waals surface area contributed by atoms with Crippen molar-refractivity contribution < 1.29 is 43.5 Å². The topological polar surface area (TPSA) is 139 Å². The number of furan rings is 1. The summed E-state index contributed by atoms with van der Waals surface area (Å²) >= 11 is 0. The van der Waals surface area contributed by atoms with Crippen LogP contribution in [-0.2, 0) is 23.8 Å². The van der Waals surface area contributed by atoms with Crippen molar-refractivity contribution in [1.29, 1.82) is 0 Å². The van der Waals surface area contributed by atoms with Crippen LogP contribution in [0.15, 0.2) is 23.0 Å². The molecule has 1 aromatic rings. The molecule has 3 heterocycles. The summed E-state index contributed by atoms with van der Waals surface area (Å²) in [5.41, 5.74) is -3.37. The molecular formula is C28H36O9. The molecule has 3 N–H and O–H groups in total. The number of Topliss-reactive ketones (excluding diaryl/α,β-unsaturated/α-hetero) is 1. The molecule has 9 nitrogen and oxygen atoms in total. The van der Waals surface area contributed by atoms with Gasteiger partial charge >= 0.3 is 5.97 Å². The molecule has 4 aliphatic carbocycles. The first kappa shape index (κ1) is 24.3. The number of epoxide rings is 1. The summed E-state index contributed by atoms with van der Waals surface area (Å²) < 4.78 is 23.5. The van der Waals surface area contributed by atoms with Gasteiger partial charge in [-0.05, 0) is 36.3 Å². The van der Waals surface area contributed by atoms with Crippen LogP contribution in [0.5, 0.6) is 0 Å². The lowest BCUT2D eigenvalue weighted by Crippen LogP contribution is -2.80. The minimum atomic E-state index is -1.26. The Morgan fingerprint density at radius 2 is 1.86 bits per heavy atom. The average Bonchev–Trinajstić information content (AvgIpc) is 3.19. The number of ketones is 1. The average molecular weight is 517 g/mol. The van der Waals surface area contributed by atoms with E-state index in [4.69, 9.17) is 18.6 Å². The quantitative estimate of drug-likeness (QED) is 0.397. The summed E-state index contributed by atoms with van der Waals surface area (Å²) in [7, 11) is 0. The highest BCUT2D eigenvalue weighted by atomic mass is 16.6. The molecule has 6 fully saturated rings. The van der Waals surface area contributed by atoms with Crippen LogP contribution in [0.1, 0.15) is 64.9 Å². The number of hydrogen-bond donors (Lipinski definition) is 3. The largest absolute Gasteiger partial charge is 0.472 e. The highest BCUT2D eigenvalue weighted by molar-refractivity contribution is 5.87. The molecule has 37 heavy (non-hydrogen) atoms. The molecule has 202 valence electrons. The minimum Gasteiger partial charge on any atom is -0.472 e. The molecule has 2 bridgehead atoms. The standard InChI is InChI=1S/C28H36O9/c1-13(29)36-20-9-19(32)27-12-35-23(33)25(20,3)17(27)8-18(31)26(4)22(27)16(30)10-24(2)15(14-5-6-34-11-14)7-21-28(24,26)37-21/h5-6,11,15,17-23,31-33H,7-10,12H2,1-4H3/t15-,17-,18+,19-,20+,21+,22-,23-,24-,25+,26+,27+,28-/m0/s1. The summed E-state index contributed by atoms with van der Waals surface area (Å²) in [6.45, 7) is 7.15. The number of rotatable bonds is 2. The van der Waals surface area contributed by atoms with Crippen molar-refractivity contribution in [3.05, 3.63) is 24.2 Å². The monoisotopic (exact) mass is 516 g/mol. The molecule has 0 amide bonds. The Kier molecular flexibility index (Phi) is 4.62. The Morgan fingerprint density at radius 3 is 2.54 bits per heavy atom. The van der Waals surface area contributed by atoms with Crippen LogP contribution >= 0.6 is 0 Å². The lowest BCUT2D eigenvalue weighted by atomic mass is 9.33. The molecule has 1 spiro atoms. The van der Waals surface area contributed by atoms with Crippen LogP contribution in [0.3, 0.4) is 0 Å². The predicted octanol–water partition coefficient (Wildman–Crippen LogP) is 1.92. The number of aliphatic hydroxyl groups excluding tert-OH is 3. The fourth-order valence-corrected chi connectivity index (χ4v) is 10.7. The summed E-state index contributed by atoms with van der Waals surface area (Å²) in [6.07, 6.45) is 0.556. The van der Waals surface area contributed by atoms with E-state index < -0.39 is 69.7 Å². The van der Waals surface area contributed by atoms with Crippen molar-refractivity contribution in [3.63, 3.8) is 0 Å². The maximum absolute atomic E-state index is 14.4. The zero-order valence-corrected chi connectivity index (χ0v) is 21.7. The molecule has 0 unspecified atom stereocenters. The molecule has 13 atom stereocenters. The molecule has 2 aliphatic heterocycles. The lowest BCUT2D eigenvalue weighted by molar-refractivity contribution is -0.371. The number of fused-ring (bicyclic) bond motifs is 1. The van der Waals surface area contributed by atoms with E-state index in [2.05, 4.69) is 6.92 Å². The van der Waals surface area contributed by atoms with Crippen molar-refractivity contribution in [2.24, 2.45) is 33.5 Å². The maximum atomic E-state index is 14.4. The number of carbonyl (C=O) groups excluding carboxylic acids is 2. The van der Waals surface area contributed by atoms with Gasteiger partial charge in [-0.1, -0.05) is 20.8 Å². The molecule has 6 aliphatic rings. The molecule has 1 aromatic heterocycles. The molecule has 4 saturated carbocycles. The van der Waals surface area contributed by atoms with Crippen LogP contribution in [0, 0.1) is 33.5 Å². The van der Waals surface area contributed by atoms with E-state index in [0.717, 1.165) is 12.0 Å². The second-order valence-corrected chi connectivity index (χ2v) is 13.3. The van der Waals surface area contributed by atoms with Gasteiger partial charge in [0.15, 0.2) is 6.29 Å². The van der Waals surface area contributed by atoms with Crippen LogP contribution in [0.2, 0.25) is 0 Å². The van der Waals surface area contributed by atoms with Gasteiger partial charge in [0.25, 0.3) is 0 Å². The minimum absolute atomic E-state index is 0.0102. The van der Waals surface area contributed by atoms with Crippen LogP contribution < -0.4 is 0 Å². The smallest absolute Gasteiger partial charge is 0.302 e. The van der Waals surface area contributed by atoms with Crippen molar-refractivity contribution in [1.82, 2.24) is 0 Å². The number of ether oxygens (including phenoxy) is 3. The summed E-state index contributed by atoms with van der Waals surface area (Å²) in [6, 6.07) is 1.95. The second-order valence-electron chi connectivity index (χ2n) is 13.3. The normalized spacial score (nSPS) is 57.5. The predicted molar refractivity (Wildman–Crippen MR) is 126 cm³/mol. The van der Waals surface area contributed by atoms with Gasteiger partial charge in [-0.2, -0.15) is 0 Å². The SMILES string of the molecule is CC(=O)O[C@@H]1C[C@H](O)[C@@]23CO[C@H](O)[C@]1(C)[C@@H]2C[C@@H](O)[C@]1(C)[C@@H]3C(=O)C[C@@]2(C)[C@H](c3ccoc3)C[C@H]3O[C@]312. The fraction of sp³-hybridized carbons (Fsp3) is 0.786. The molecule has 0 radical (unpaired) electrons. The van der Waals surface area contributed by atoms with Crippen molar-refractivity contribution in [2.45, 2.75) is 95.6 Å². The molecule has 9 heteroatoms. The van der Waals surface area contributed by atoms with E-state index in [1.165, 1.54) is 6.92 Å². The first-order valence-electron chi connectivity index (χ1n) is 13.4. The molecule has 7 rings (SSSR count). The van der Waals surface area contributed by atoms with E-state index in [1.807, 2.05) is 13.0 Å². The lowest BCUT2D eigenvalue weighted by Gasteiger charge is -2.72. The highest BCUT2D eigenvalue weighted by Crippen LogP contribution is 2.82. The Balaban J connectivity index is 1.38. The molecule has 0 aromatic carbocycles. The van der Waals surface area contributed by atoms with Crippen LogP contribution in [-0.4, -0.2) is 70.0 Å². The van der Waals surface area contributed by atoms with Gasteiger partial charge in [-0.3, -0.25) is 9.59 Å². The first-order chi connectivity index (χ1) is 17.4. The summed E-state index contributed by atoms with van der Waals surface area (Å²) in [4.78, 5) is 26.4. The second kappa shape index (κ2) is 7.04. The van der Waals surface area contributed by atoms with E-state index in [9.17, 15) is 24.9 Å². The number of esters is 1. The zero-order valence-electron chi connectivity index (χ0n) is 21.7. The Hall–Kier alpha value is -1.78.